The van der Waals surface area contributed by atoms with E-state index in [2.05, 4.69) is 0 Å². The van der Waals surface area contributed by atoms with Crippen LogP contribution < -0.4 is 0 Å². The summed E-state index contributed by atoms with van der Waals surface area (Å²) in [6, 6.07) is 5.02. The van der Waals surface area contributed by atoms with Crippen LogP contribution in [-0.2, 0) is 11.3 Å². The molecule has 0 saturated heterocycles. The van der Waals surface area contributed by atoms with E-state index in [-0.39, 0.29) is 12.3 Å². The van der Waals surface area contributed by atoms with Crippen LogP contribution in [0.1, 0.15) is 15.6 Å². The molecule has 0 unspecified atom stereocenters. The maximum Gasteiger partial charge on any atom is 0.322 e. The zero-order valence-corrected chi connectivity index (χ0v) is 8.60. The predicted octanol–water partition coefficient (Wildman–Crippen LogP) is 1.72. The van der Waals surface area contributed by atoms with Crippen molar-refractivity contribution in [3.63, 3.8) is 0 Å². The topological polar surface area (TPSA) is 63.7 Å². The predicted molar refractivity (Wildman–Crippen MR) is 55.1 cm³/mol. The lowest BCUT2D eigenvalue weighted by molar-refractivity contribution is -0.386. The average molecular weight is 210 g/mol. The second kappa shape index (κ2) is 5.21. The van der Waals surface area contributed by atoms with E-state index in [1.165, 1.54) is 20.5 Å². The van der Waals surface area contributed by atoms with Crippen LogP contribution in [0, 0.1) is 10.1 Å². The fraction of sp³-hybridized carbons (Fsp3) is 0.300. The molecule has 0 N–H and O–H groups in total. The van der Waals surface area contributed by atoms with E-state index in [0.29, 0.717) is 11.1 Å². The molecule has 0 bridgehead atoms. The number of benzene rings is 1. The van der Waals surface area contributed by atoms with Gasteiger partial charge < -0.3 is 4.74 Å². The Morgan fingerprint density at radius 1 is 1.60 bits per heavy atom. The number of para-hydroxylation sites is 1. The van der Waals surface area contributed by atoms with Gasteiger partial charge in [0, 0.05) is 7.11 Å². The SMILES string of the molecule is COCc1cccc(C=[O+]C)c1[N+](=O)[O-]. The molecule has 0 fully saturated rings. The van der Waals surface area contributed by atoms with Crippen molar-refractivity contribution in [1.82, 2.24) is 0 Å². The van der Waals surface area contributed by atoms with Crippen molar-refractivity contribution >= 4 is 12.0 Å². The summed E-state index contributed by atoms with van der Waals surface area (Å²) < 4.78 is 9.67. The van der Waals surface area contributed by atoms with Crippen molar-refractivity contribution < 1.29 is 14.1 Å². The molecule has 15 heavy (non-hydrogen) atoms. The number of carbonyl (C=O) groups excluding carboxylic acids is 1. The molecule has 1 aromatic rings. The van der Waals surface area contributed by atoms with Crippen LogP contribution >= 0.6 is 0 Å². The monoisotopic (exact) mass is 210 g/mol. The second-order valence-corrected chi connectivity index (χ2v) is 2.90. The summed E-state index contributed by atoms with van der Waals surface area (Å²) in [5.41, 5.74) is 1.01. The first-order valence-electron chi connectivity index (χ1n) is 4.32. The Balaban J connectivity index is 3.27. The van der Waals surface area contributed by atoms with Gasteiger partial charge in [-0.25, -0.2) is 0 Å². The minimum absolute atomic E-state index is 0.0289. The number of nitro groups is 1. The van der Waals surface area contributed by atoms with E-state index in [0.717, 1.165) is 0 Å². The second-order valence-electron chi connectivity index (χ2n) is 2.90. The number of methoxy groups -OCH3 is 1. The Morgan fingerprint density at radius 3 is 2.87 bits per heavy atom. The maximum atomic E-state index is 10.9. The summed E-state index contributed by atoms with van der Waals surface area (Å²) in [6.45, 7) is 0.210. The lowest BCUT2D eigenvalue weighted by Crippen LogP contribution is -2.01. The number of nitro benzene ring substituents is 1. The zero-order valence-electron chi connectivity index (χ0n) is 8.60. The normalized spacial score (nSPS) is 10.8. The molecule has 0 radical (unpaired) electrons. The van der Waals surface area contributed by atoms with Gasteiger partial charge in [-0.1, -0.05) is 6.07 Å². The molecule has 0 atom stereocenters. The summed E-state index contributed by atoms with van der Waals surface area (Å²) in [6.07, 6.45) is 1.34. The van der Waals surface area contributed by atoms with E-state index in [1.54, 1.807) is 18.2 Å². The van der Waals surface area contributed by atoms with Gasteiger partial charge >= 0.3 is 6.29 Å². The number of nitrogens with zero attached hydrogens (tertiary/aromatic N) is 1. The molecular weight excluding hydrogens is 198 g/mol. The molecule has 5 heteroatoms. The zero-order chi connectivity index (χ0) is 11.3. The molecule has 80 valence electrons. The van der Waals surface area contributed by atoms with Crippen molar-refractivity contribution in [2.24, 2.45) is 0 Å². The van der Waals surface area contributed by atoms with Gasteiger partial charge in [-0.05, 0) is 12.1 Å². The number of hydrogen-bond acceptors (Lipinski definition) is 3. The summed E-state index contributed by atoms with van der Waals surface area (Å²) in [4.78, 5) is 10.4. The Bertz CT molecular complexity index is 387. The summed E-state index contributed by atoms with van der Waals surface area (Å²) in [5, 5.41) is 10.9. The highest BCUT2D eigenvalue weighted by Crippen LogP contribution is 2.23. The van der Waals surface area contributed by atoms with E-state index in [4.69, 9.17) is 9.16 Å². The molecule has 1 rings (SSSR count). The smallest absolute Gasteiger partial charge is 0.322 e. The van der Waals surface area contributed by atoms with Crippen LogP contribution in [0.3, 0.4) is 0 Å². The van der Waals surface area contributed by atoms with Crippen LogP contribution in [0.2, 0.25) is 0 Å². The maximum absolute atomic E-state index is 10.9. The Morgan fingerprint density at radius 2 is 2.33 bits per heavy atom. The average Bonchev–Trinajstić information content (AvgIpc) is 2.18. The van der Waals surface area contributed by atoms with Gasteiger partial charge in [0.2, 0.25) is 0 Å². The van der Waals surface area contributed by atoms with Gasteiger partial charge in [-0.15, -0.1) is 0 Å². The van der Waals surface area contributed by atoms with Crippen molar-refractivity contribution in [1.29, 1.82) is 0 Å². The summed E-state index contributed by atoms with van der Waals surface area (Å²) >= 11 is 0. The summed E-state index contributed by atoms with van der Waals surface area (Å²) in [5.74, 6) is 0. The first-order valence-corrected chi connectivity index (χ1v) is 4.32. The van der Waals surface area contributed by atoms with Gasteiger partial charge in [0.1, 0.15) is 5.56 Å². The molecule has 0 aliphatic carbocycles. The number of aldehydes is 1. The van der Waals surface area contributed by atoms with Crippen molar-refractivity contribution in [2.45, 2.75) is 6.61 Å². The van der Waals surface area contributed by atoms with E-state index in [9.17, 15) is 10.1 Å². The van der Waals surface area contributed by atoms with Gasteiger partial charge in [0.25, 0.3) is 12.8 Å². The molecule has 0 saturated carbocycles. The van der Waals surface area contributed by atoms with Crippen LogP contribution in [0.4, 0.5) is 5.69 Å². The van der Waals surface area contributed by atoms with Gasteiger partial charge in [-0.3, -0.25) is 14.5 Å². The molecule has 0 amide bonds. The van der Waals surface area contributed by atoms with Gasteiger partial charge in [0.05, 0.1) is 17.1 Å². The third-order valence-electron chi connectivity index (χ3n) is 1.88. The fourth-order valence-electron chi connectivity index (χ4n) is 1.33. The number of hydrogen-bond donors (Lipinski definition) is 0. The van der Waals surface area contributed by atoms with Crippen LogP contribution in [0.15, 0.2) is 18.2 Å². The largest absolute Gasteiger partial charge is 0.380 e. The van der Waals surface area contributed by atoms with Crippen molar-refractivity contribution in [3.8, 4) is 0 Å². The molecule has 0 aliphatic heterocycles. The highest BCUT2D eigenvalue weighted by Gasteiger charge is 2.20. The lowest BCUT2D eigenvalue weighted by Gasteiger charge is -2.01. The molecular formula is C10H12NO4+. The first kappa shape index (κ1) is 11.3. The van der Waals surface area contributed by atoms with Gasteiger partial charge in [-0.2, -0.15) is 0 Å². The standard InChI is InChI=1S/C10H12NO4/c1-14-6-8-4-3-5-9(7-15-2)10(8)11(12)13/h3-6H,7H2,1-2H3/q+1. The highest BCUT2D eigenvalue weighted by atomic mass is 16.6. The molecule has 0 spiro atoms. The molecule has 0 heterocycles. The highest BCUT2D eigenvalue weighted by molar-refractivity contribution is 5.82. The third kappa shape index (κ3) is 2.60. The lowest BCUT2D eigenvalue weighted by atomic mass is 10.1. The van der Waals surface area contributed by atoms with E-state index < -0.39 is 4.92 Å². The van der Waals surface area contributed by atoms with Crippen molar-refractivity contribution in [3.05, 3.63) is 39.4 Å². The molecule has 5 nitrogen and oxygen atoms in total. The van der Waals surface area contributed by atoms with Crippen LogP contribution in [0.25, 0.3) is 0 Å². The minimum Gasteiger partial charge on any atom is -0.380 e. The molecule has 0 aliphatic rings. The van der Waals surface area contributed by atoms with Gasteiger partial charge in [0.15, 0.2) is 0 Å². The van der Waals surface area contributed by atoms with Crippen LogP contribution in [-0.4, -0.2) is 25.4 Å². The minimum atomic E-state index is -0.431. The quantitative estimate of drug-likeness (QED) is 0.329. The number of rotatable bonds is 4. The Kier molecular flexibility index (Phi) is 3.93. The first-order chi connectivity index (χ1) is 7.20. The number of ether oxygens (including phenoxy) is 1. The Hall–Kier alpha value is -1.75. The van der Waals surface area contributed by atoms with Crippen molar-refractivity contribution in [2.75, 3.05) is 14.2 Å². The molecule has 1 aromatic carbocycles. The Labute approximate surface area is 87.1 Å². The summed E-state index contributed by atoms with van der Waals surface area (Å²) in [7, 11) is 2.95. The van der Waals surface area contributed by atoms with E-state index in [1.807, 2.05) is 0 Å². The third-order valence-corrected chi connectivity index (χ3v) is 1.88. The van der Waals surface area contributed by atoms with E-state index >= 15 is 0 Å². The van der Waals surface area contributed by atoms with Crippen LogP contribution in [0.5, 0.6) is 0 Å². The molecule has 0 aromatic heterocycles. The fourth-order valence-corrected chi connectivity index (χ4v) is 1.33.